The predicted octanol–water partition coefficient (Wildman–Crippen LogP) is 3.35. The molecule has 3 rings (SSSR count). The molecule has 1 heterocycles. The summed E-state index contributed by atoms with van der Waals surface area (Å²) in [6, 6.07) is 8.98. The zero-order chi connectivity index (χ0) is 12.2. The van der Waals surface area contributed by atoms with Gasteiger partial charge in [-0.2, -0.15) is 0 Å². The predicted molar refractivity (Wildman–Crippen MR) is 73.4 cm³/mol. The van der Waals surface area contributed by atoms with E-state index in [-0.39, 0.29) is 0 Å². The molecule has 0 saturated heterocycles. The highest BCUT2D eigenvalue weighted by Crippen LogP contribution is 2.25. The molecule has 0 spiro atoms. The summed E-state index contributed by atoms with van der Waals surface area (Å²) in [6.45, 7) is 2.63. The van der Waals surface area contributed by atoms with Crippen LogP contribution >= 0.6 is 0 Å². The minimum atomic E-state index is 0.372. The van der Waals surface area contributed by atoms with Crippen molar-refractivity contribution in [3.05, 3.63) is 47.0 Å². The van der Waals surface area contributed by atoms with Crippen LogP contribution in [0, 0.1) is 0 Å². The number of hydrogen-bond acceptors (Lipinski definition) is 2. The lowest BCUT2D eigenvalue weighted by atomic mass is 9.99. The Kier molecular flexibility index (Phi) is 3.77. The van der Waals surface area contributed by atoms with Crippen LogP contribution in [0.2, 0.25) is 0 Å². The fraction of sp³-hybridized carbons (Fsp3) is 0.500. The van der Waals surface area contributed by atoms with Gasteiger partial charge in [0.2, 0.25) is 0 Å². The Morgan fingerprint density at radius 2 is 2.22 bits per heavy atom. The molecular weight excluding hydrogens is 222 g/mol. The van der Waals surface area contributed by atoms with Crippen molar-refractivity contribution < 1.29 is 4.74 Å². The maximum Gasteiger partial charge on any atom is 0.0721 e. The molecule has 2 aliphatic rings. The van der Waals surface area contributed by atoms with Crippen molar-refractivity contribution in [2.45, 2.75) is 38.3 Å². The number of nitrogens with one attached hydrogen (secondary N) is 1. The Labute approximate surface area is 109 Å². The van der Waals surface area contributed by atoms with Gasteiger partial charge in [0.05, 0.1) is 19.3 Å². The highest BCUT2D eigenvalue weighted by Gasteiger charge is 2.19. The van der Waals surface area contributed by atoms with E-state index in [1.54, 1.807) is 5.57 Å². The van der Waals surface area contributed by atoms with Crippen molar-refractivity contribution in [2.75, 3.05) is 13.2 Å². The maximum absolute atomic E-state index is 5.65. The van der Waals surface area contributed by atoms with Crippen LogP contribution in [-0.4, -0.2) is 13.2 Å². The Bertz CT molecular complexity index is 438. The fourth-order valence-electron chi connectivity index (χ4n) is 2.92. The van der Waals surface area contributed by atoms with E-state index < -0.39 is 0 Å². The molecule has 0 fully saturated rings. The second-order valence-electron chi connectivity index (χ2n) is 5.23. The lowest BCUT2D eigenvalue weighted by molar-refractivity contribution is 0.0823. The molecule has 18 heavy (non-hydrogen) atoms. The first-order chi connectivity index (χ1) is 8.93. The molecule has 1 aromatic rings. The summed E-state index contributed by atoms with van der Waals surface area (Å²) >= 11 is 0. The summed E-state index contributed by atoms with van der Waals surface area (Å²) in [5, 5.41) is 3.64. The summed E-state index contributed by atoms with van der Waals surface area (Å²) in [7, 11) is 0. The number of hydrogen-bond donors (Lipinski definition) is 1. The molecular formula is C16H21NO. The van der Waals surface area contributed by atoms with Gasteiger partial charge in [-0.1, -0.05) is 35.9 Å². The quantitative estimate of drug-likeness (QED) is 0.819. The first-order valence-corrected chi connectivity index (χ1v) is 7.00. The number of ether oxygens (including phenoxy) is 1. The Hall–Kier alpha value is -1.12. The molecule has 1 aromatic carbocycles. The van der Waals surface area contributed by atoms with Gasteiger partial charge in [-0.25, -0.2) is 0 Å². The van der Waals surface area contributed by atoms with Crippen LogP contribution in [0.3, 0.4) is 0 Å². The summed E-state index contributed by atoms with van der Waals surface area (Å²) in [6.07, 6.45) is 7.54. The van der Waals surface area contributed by atoms with Crippen LogP contribution in [0.4, 0.5) is 0 Å². The Balaban J connectivity index is 1.57. The van der Waals surface area contributed by atoms with Gasteiger partial charge in [0.15, 0.2) is 0 Å². The first kappa shape index (κ1) is 11.9. The van der Waals surface area contributed by atoms with Crippen molar-refractivity contribution in [3.8, 4) is 0 Å². The maximum atomic E-state index is 5.65. The zero-order valence-corrected chi connectivity index (χ0v) is 10.8. The van der Waals surface area contributed by atoms with E-state index in [0.29, 0.717) is 6.04 Å². The number of benzene rings is 1. The van der Waals surface area contributed by atoms with Crippen molar-refractivity contribution in [3.63, 3.8) is 0 Å². The highest BCUT2D eigenvalue weighted by atomic mass is 16.5. The average Bonchev–Trinajstić information content (AvgIpc) is 2.92. The van der Waals surface area contributed by atoms with Gasteiger partial charge in [0.25, 0.3) is 0 Å². The summed E-state index contributed by atoms with van der Waals surface area (Å²) < 4.78 is 5.65. The molecule has 0 amide bonds. The highest BCUT2D eigenvalue weighted by molar-refractivity contribution is 5.31. The van der Waals surface area contributed by atoms with Gasteiger partial charge in [-0.3, -0.25) is 0 Å². The third-order valence-electron chi connectivity index (χ3n) is 3.94. The lowest BCUT2D eigenvalue weighted by Crippen LogP contribution is -2.30. The van der Waals surface area contributed by atoms with E-state index >= 15 is 0 Å². The minimum Gasteiger partial charge on any atom is -0.375 e. The van der Waals surface area contributed by atoms with Gasteiger partial charge in [-0.05, 0) is 43.4 Å². The van der Waals surface area contributed by atoms with Gasteiger partial charge < -0.3 is 10.1 Å². The van der Waals surface area contributed by atoms with E-state index in [1.165, 1.54) is 36.8 Å². The van der Waals surface area contributed by atoms with Gasteiger partial charge in [0, 0.05) is 0 Å². The minimum absolute atomic E-state index is 0.372. The Morgan fingerprint density at radius 3 is 3.11 bits per heavy atom. The molecule has 0 radical (unpaired) electrons. The third-order valence-corrected chi connectivity index (χ3v) is 3.94. The van der Waals surface area contributed by atoms with E-state index in [2.05, 4.69) is 35.7 Å². The van der Waals surface area contributed by atoms with Crippen LogP contribution in [0.15, 0.2) is 35.9 Å². The number of fused-ring (bicyclic) bond motifs is 1. The van der Waals surface area contributed by atoms with Crippen molar-refractivity contribution >= 4 is 0 Å². The van der Waals surface area contributed by atoms with E-state index in [0.717, 1.165) is 19.8 Å². The molecule has 1 aliphatic carbocycles. The molecule has 0 aromatic heterocycles. The number of allylic oxidation sites excluding steroid dienone is 1. The lowest BCUT2D eigenvalue weighted by Gasteiger charge is -2.26. The van der Waals surface area contributed by atoms with Gasteiger partial charge >= 0.3 is 0 Å². The topological polar surface area (TPSA) is 21.3 Å². The normalized spacial score (nSPS) is 22.7. The van der Waals surface area contributed by atoms with Gasteiger partial charge in [0.1, 0.15) is 0 Å². The monoisotopic (exact) mass is 243 g/mol. The fourth-order valence-corrected chi connectivity index (χ4v) is 2.92. The third kappa shape index (κ3) is 2.65. The molecule has 2 heteroatoms. The molecule has 96 valence electrons. The second-order valence-corrected chi connectivity index (χ2v) is 5.23. The summed E-state index contributed by atoms with van der Waals surface area (Å²) in [4.78, 5) is 0. The molecule has 1 aliphatic heterocycles. The summed E-state index contributed by atoms with van der Waals surface area (Å²) in [5.41, 5.74) is 4.39. The second kappa shape index (κ2) is 5.68. The van der Waals surface area contributed by atoms with Crippen LogP contribution in [0.1, 0.15) is 42.9 Å². The van der Waals surface area contributed by atoms with E-state index in [9.17, 15) is 0 Å². The van der Waals surface area contributed by atoms with Crippen LogP contribution in [-0.2, 0) is 11.3 Å². The average molecular weight is 243 g/mol. The van der Waals surface area contributed by atoms with Gasteiger partial charge in [-0.15, -0.1) is 0 Å². The molecule has 0 saturated carbocycles. The van der Waals surface area contributed by atoms with Crippen molar-refractivity contribution in [1.29, 1.82) is 0 Å². The standard InChI is InChI=1S/C16H21NO/c1-2-6-13(5-1)9-10-17-16-12-18-11-14-7-3-4-8-15(14)16/h3-5,7-8,16-17H,1-2,6,9-12H2. The SMILES string of the molecule is C1=C(CCNC2COCc3ccccc32)CCC1. The molecule has 2 nitrogen and oxygen atoms in total. The molecule has 1 N–H and O–H groups in total. The van der Waals surface area contributed by atoms with Crippen LogP contribution < -0.4 is 5.32 Å². The van der Waals surface area contributed by atoms with Crippen LogP contribution in [0.25, 0.3) is 0 Å². The largest absolute Gasteiger partial charge is 0.375 e. The van der Waals surface area contributed by atoms with Crippen LogP contribution in [0.5, 0.6) is 0 Å². The Morgan fingerprint density at radius 1 is 1.28 bits per heavy atom. The molecule has 0 bridgehead atoms. The molecule has 1 unspecified atom stereocenters. The smallest absolute Gasteiger partial charge is 0.0721 e. The zero-order valence-electron chi connectivity index (χ0n) is 10.8. The van der Waals surface area contributed by atoms with E-state index in [4.69, 9.17) is 4.74 Å². The molecule has 1 atom stereocenters. The first-order valence-electron chi connectivity index (χ1n) is 7.00. The van der Waals surface area contributed by atoms with Crippen molar-refractivity contribution in [1.82, 2.24) is 5.32 Å². The van der Waals surface area contributed by atoms with Crippen molar-refractivity contribution in [2.24, 2.45) is 0 Å². The van der Waals surface area contributed by atoms with E-state index in [1.807, 2.05) is 0 Å². The summed E-state index contributed by atoms with van der Waals surface area (Å²) in [5.74, 6) is 0. The number of rotatable bonds is 4.